The number of rotatable bonds is 10. The van der Waals surface area contributed by atoms with Crippen LogP contribution >= 0.6 is 0 Å². The summed E-state index contributed by atoms with van der Waals surface area (Å²) < 4.78 is 7.68. The van der Waals surface area contributed by atoms with Crippen LogP contribution in [0.15, 0.2) is 36.5 Å². The fraction of sp³-hybridized carbons (Fsp3) is 0.484. The van der Waals surface area contributed by atoms with E-state index in [1.54, 1.807) is 11.9 Å². The number of pyridine rings is 1. The number of aldehydes is 1. The molecule has 0 bridgehead atoms. The second-order valence-electron chi connectivity index (χ2n) is 11.4. The van der Waals surface area contributed by atoms with Crippen LogP contribution in [-0.2, 0) is 27.4 Å². The molecule has 3 aliphatic rings. The molecule has 2 N–H and O–H groups in total. The zero-order valence-corrected chi connectivity index (χ0v) is 23.4. The third kappa shape index (κ3) is 5.27. The van der Waals surface area contributed by atoms with Gasteiger partial charge in [0, 0.05) is 55.9 Å². The Kier molecular flexibility index (Phi) is 7.88. The molecule has 1 atom stereocenters. The lowest BCUT2D eigenvalue weighted by molar-refractivity contribution is -0.125. The summed E-state index contributed by atoms with van der Waals surface area (Å²) >= 11 is 0. The van der Waals surface area contributed by atoms with Gasteiger partial charge >= 0.3 is 0 Å². The Hall–Kier alpha value is -3.60. The summed E-state index contributed by atoms with van der Waals surface area (Å²) in [6, 6.07) is 9.66. The number of amides is 2. The average molecular weight is 560 g/mol. The molecule has 10 heteroatoms. The van der Waals surface area contributed by atoms with Gasteiger partial charge in [-0.25, -0.2) is 4.98 Å². The largest absolute Gasteiger partial charge is 0.396 e. The van der Waals surface area contributed by atoms with Crippen molar-refractivity contribution in [1.29, 1.82) is 0 Å². The maximum absolute atomic E-state index is 13.3. The summed E-state index contributed by atoms with van der Waals surface area (Å²) in [5.41, 5.74) is 5.33. The Morgan fingerprint density at radius 2 is 2.02 bits per heavy atom. The summed E-state index contributed by atoms with van der Waals surface area (Å²) in [7, 11) is 1.54. The number of aliphatic hydroxyl groups excluding tert-OH is 1. The minimum Gasteiger partial charge on any atom is -0.396 e. The van der Waals surface area contributed by atoms with Gasteiger partial charge < -0.3 is 29.4 Å². The van der Waals surface area contributed by atoms with E-state index in [4.69, 9.17) is 9.72 Å². The summed E-state index contributed by atoms with van der Waals surface area (Å²) in [4.78, 5) is 46.0. The van der Waals surface area contributed by atoms with Crippen LogP contribution in [0.5, 0.6) is 0 Å². The Bertz CT molecular complexity index is 1460. The first-order valence-electron chi connectivity index (χ1n) is 14.5. The van der Waals surface area contributed by atoms with E-state index >= 15 is 0 Å². The van der Waals surface area contributed by atoms with E-state index in [2.05, 4.69) is 33.1 Å². The molecule has 2 saturated heterocycles. The smallest absolute Gasteiger partial charge is 0.255 e. The van der Waals surface area contributed by atoms with Gasteiger partial charge in [0.05, 0.1) is 24.9 Å². The molecule has 3 aromatic rings. The predicted molar refractivity (Wildman–Crippen MR) is 153 cm³/mol. The summed E-state index contributed by atoms with van der Waals surface area (Å²) in [5, 5.41) is 13.3. The monoisotopic (exact) mass is 559 g/mol. The zero-order valence-electron chi connectivity index (χ0n) is 23.4. The Balaban J connectivity index is 1.33. The van der Waals surface area contributed by atoms with E-state index in [0.717, 1.165) is 66.6 Å². The molecule has 0 radical (unpaired) electrons. The van der Waals surface area contributed by atoms with Crippen LogP contribution in [-0.4, -0.2) is 88.6 Å². The molecule has 0 spiro atoms. The number of carbonyl (C=O) groups excluding carboxylic acids is 3. The highest BCUT2D eigenvalue weighted by molar-refractivity contribution is 6.01. The molecule has 216 valence electrons. The normalized spacial score (nSPS) is 18.9. The maximum atomic E-state index is 13.3. The zero-order chi connectivity index (χ0) is 28.5. The van der Waals surface area contributed by atoms with E-state index in [1.165, 1.54) is 5.56 Å². The van der Waals surface area contributed by atoms with Crippen LogP contribution in [0.4, 0.5) is 0 Å². The molecule has 2 fully saturated rings. The van der Waals surface area contributed by atoms with Gasteiger partial charge in [-0.05, 0) is 73.7 Å². The molecule has 2 aromatic heterocycles. The highest BCUT2D eigenvalue weighted by atomic mass is 16.5. The molecule has 41 heavy (non-hydrogen) atoms. The van der Waals surface area contributed by atoms with Crippen LogP contribution in [0.1, 0.15) is 53.2 Å². The van der Waals surface area contributed by atoms with Gasteiger partial charge in [-0.3, -0.25) is 14.5 Å². The van der Waals surface area contributed by atoms with Gasteiger partial charge in [-0.2, -0.15) is 0 Å². The number of likely N-dealkylation sites (N-methyl/N-ethyl adjacent to an activating group) is 1. The number of hydrogen-bond donors (Lipinski definition) is 2. The van der Waals surface area contributed by atoms with Crippen LogP contribution in [0.3, 0.4) is 0 Å². The number of ether oxygens (including phenoxy) is 1. The van der Waals surface area contributed by atoms with Crippen molar-refractivity contribution in [2.45, 2.75) is 50.9 Å². The van der Waals surface area contributed by atoms with Gasteiger partial charge in [-0.15, -0.1) is 0 Å². The fourth-order valence-corrected chi connectivity index (χ4v) is 6.30. The number of hydrogen-bond acceptors (Lipinski definition) is 7. The van der Waals surface area contributed by atoms with Gasteiger partial charge in [0.1, 0.15) is 18.0 Å². The maximum Gasteiger partial charge on any atom is 0.255 e. The minimum atomic E-state index is -0.697. The van der Waals surface area contributed by atoms with E-state index in [0.29, 0.717) is 31.2 Å². The van der Waals surface area contributed by atoms with Gasteiger partial charge in [0.15, 0.2) is 0 Å². The first-order valence-corrected chi connectivity index (χ1v) is 14.5. The van der Waals surface area contributed by atoms with Crippen molar-refractivity contribution in [3.8, 4) is 11.3 Å². The Morgan fingerprint density at radius 1 is 1.22 bits per heavy atom. The lowest BCUT2D eigenvalue weighted by Gasteiger charge is -2.31. The number of piperidine rings is 1. The second-order valence-corrected chi connectivity index (χ2v) is 11.4. The lowest BCUT2D eigenvalue weighted by atomic mass is 9.97. The molecule has 5 heterocycles. The van der Waals surface area contributed by atoms with Crippen LogP contribution in [0.2, 0.25) is 0 Å². The highest BCUT2D eigenvalue weighted by Gasteiger charge is 2.36. The number of likely N-dealkylation sites (tertiary alicyclic amines) is 1. The quantitative estimate of drug-likeness (QED) is 0.367. The number of nitrogens with zero attached hydrogens (tertiary/aromatic N) is 4. The van der Waals surface area contributed by atoms with Crippen molar-refractivity contribution in [1.82, 2.24) is 24.7 Å². The van der Waals surface area contributed by atoms with Crippen molar-refractivity contribution in [3.05, 3.63) is 53.2 Å². The summed E-state index contributed by atoms with van der Waals surface area (Å²) in [6.07, 6.45) is 5.37. The number of fused-ring (bicyclic) bond motifs is 2. The Labute approximate surface area is 239 Å². The fourth-order valence-electron chi connectivity index (χ4n) is 6.30. The van der Waals surface area contributed by atoms with Crippen molar-refractivity contribution in [3.63, 3.8) is 0 Å². The first-order chi connectivity index (χ1) is 20.0. The van der Waals surface area contributed by atoms with E-state index in [-0.39, 0.29) is 37.3 Å². The highest BCUT2D eigenvalue weighted by Crippen LogP contribution is 2.34. The number of benzene rings is 1. The SMILES string of the molecule is CNC(=O)C(CCC=O)N1Cc2cc(-c3cc(CN4CCC(CO)CC4)c4ccn(C5COC5)c4n3)ccc2C1=O. The lowest BCUT2D eigenvalue weighted by Crippen LogP contribution is -2.46. The third-order valence-electron chi connectivity index (χ3n) is 8.86. The van der Waals surface area contributed by atoms with Crippen molar-refractivity contribution < 1.29 is 24.2 Å². The van der Waals surface area contributed by atoms with Gasteiger partial charge in [0.2, 0.25) is 5.91 Å². The van der Waals surface area contributed by atoms with E-state index in [1.807, 2.05) is 18.2 Å². The van der Waals surface area contributed by atoms with Crippen molar-refractivity contribution in [2.75, 3.05) is 40.0 Å². The minimum absolute atomic E-state index is 0.194. The number of nitrogens with one attached hydrogen (secondary N) is 1. The summed E-state index contributed by atoms with van der Waals surface area (Å²) in [5.74, 6) is -0.0804. The molecule has 0 saturated carbocycles. The molecular formula is C31H37N5O5. The molecule has 10 nitrogen and oxygen atoms in total. The second kappa shape index (κ2) is 11.7. The van der Waals surface area contributed by atoms with Gasteiger partial charge in [0.25, 0.3) is 5.91 Å². The Morgan fingerprint density at radius 3 is 2.71 bits per heavy atom. The molecule has 0 aliphatic carbocycles. The summed E-state index contributed by atoms with van der Waals surface area (Å²) in [6.45, 7) is 4.62. The molecule has 1 aromatic carbocycles. The van der Waals surface area contributed by atoms with Crippen molar-refractivity contribution in [2.24, 2.45) is 5.92 Å². The number of carbonyl (C=O) groups is 3. The first kappa shape index (κ1) is 27.6. The third-order valence-corrected chi connectivity index (χ3v) is 8.86. The topological polar surface area (TPSA) is 117 Å². The number of aliphatic hydroxyl groups is 1. The van der Waals surface area contributed by atoms with E-state index in [9.17, 15) is 19.5 Å². The molecule has 6 rings (SSSR count). The number of aromatic nitrogens is 2. The molecular weight excluding hydrogens is 522 g/mol. The van der Waals surface area contributed by atoms with Crippen LogP contribution in [0.25, 0.3) is 22.3 Å². The van der Waals surface area contributed by atoms with E-state index < -0.39 is 6.04 Å². The molecule has 3 aliphatic heterocycles. The molecule has 1 unspecified atom stereocenters. The molecule has 2 amide bonds. The van der Waals surface area contributed by atoms with Crippen LogP contribution in [0, 0.1) is 5.92 Å². The van der Waals surface area contributed by atoms with Crippen LogP contribution < -0.4 is 5.32 Å². The van der Waals surface area contributed by atoms with Gasteiger partial charge in [-0.1, -0.05) is 6.07 Å². The standard InChI is InChI=1S/C31H37N5O5/c1-32-30(39)28(3-2-12-37)36-16-22-13-21(4-5-26(22)31(36)40)27-14-23(15-34-9-6-20(17-38)7-10-34)25-8-11-35(29(25)33-27)24-18-41-19-24/h4-5,8,11-14,20,24,28,38H,2-3,6-7,9-10,15-19H2,1H3,(H,32,39). The predicted octanol–water partition coefficient (Wildman–Crippen LogP) is 2.53. The average Bonchev–Trinajstić information content (AvgIpc) is 3.53. The van der Waals surface area contributed by atoms with Crippen molar-refractivity contribution >= 4 is 29.1 Å².